The Morgan fingerprint density at radius 3 is 2.32 bits per heavy atom. The molecular formula is C16H22F3N3. The standard InChI is InChI=1S/C16H22F3N3/c1-20-15(22-14-5-3-2-4-6-14)21-11-12-7-9-13(10-8-12)16(17,18)19/h7-10,14H,2-6,11H2,1H3,(H2,20,21,22). The van der Waals surface area contributed by atoms with Crippen LogP contribution >= 0.6 is 0 Å². The summed E-state index contributed by atoms with van der Waals surface area (Å²) < 4.78 is 37.5. The second kappa shape index (κ2) is 7.51. The third-order valence-corrected chi connectivity index (χ3v) is 3.91. The van der Waals surface area contributed by atoms with Crippen LogP contribution in [0.25, 0.3) is 0 Å². The molecule has 0 radical (unpaired) electrons. The van der Waals surface area contributed by atoms with Gasteiger partial charge in [-0.25, -0.2) is 0 Å². The number of hydrogen-bond acceptors (Lipinski definition) is 1. The molecule has 2 rings (SSSR count). The van der Waals surface area contributed by atoms with Crippen molar-refractivity contribution in [3.63, 3.8) is 0 Å². The first kappa shape index (κ1) is 16.6. The van der Waals surface area contributed by atoms with Gasteiger partial charge in [-0.2, -0.15) is 13.2 Å². The maximum atomic E-state index is 12.5. The van der Waals surface area contributed by atoms with Crippen LogP contribution in [0, 0.1) is 0 Å². The Bertz CT molecular complexity index is 488. The smallest absolute Gasteiger partial charge is 0.354 e. The maximum Gasteiger partial charge on any atom is 0.416 e. The lowest BCUT2D eigenvalue weighted by atomic mass is 9.96. The van der Waals surface area contributed by atoms with Crippen LogP contribution in [0.4, 0.5) is 13.2 Å². The number of aliphatic imine (C=N–C) groups is 1. The van der Waals surface area contributed by atoms with Gasteiger partial charge in [0.1, 0.15) is 0 Å². The molecular weight excluding hydrogens is 291 g/mol. The molecule has 0 aliphatic heterocycles. The van der Waals surface area contributed by atoms with Crippen LogP contribution in [-0.2, 0) is 12.7 Å². The van der Waals surface area contributed by atoms with Crippen molar-refractivity contribution in [3.05, 3.63) is 35.4 Å². The number of benzene rings is 1. The van der Waals surface area contributed by atoms with Crippen molar-refractivity contribution in [2.75, 3.05) is 7.05 Å². The number of halogens is 3. The Hall–Kier alpha value is -1.72. The quantitative estimate of drug-likeness (QED) is 0.659. The predicted octanol–water partition coefficient (Wildman–Crippen LogP) is 3.70. The van der Waals surface area contributed by atoms with E-state index in [-0.39, 0.29) is 0 Å². The van der Waals surface area contributed by atoms with Crippen molar-refractivity contribution in [2.45, 2.75) is 50.9 Å². The van der Waals surface area contributed by atoms with Gasteiger partial charge in [0.05, 0.1) is 5.56 Å². The highest BCUT2D eigenvalue weighted by molar-refractivity contribution is 5.79. The summed E-state index contributed by atoms with van der Waals surface area (Å²) in [5, 5.41) is 6.52. The summed E-state index contributed by atoms with van der Waals surface area (Å²) in [6.45, 7) is 0.449. The van der Waals surface area contributed by atoms with Crippen LogP contribution in [0.5, 0.6) is 0 Å². The molecule has 1 aliphatic rings. The van der Waals surface area contributed by atoms with E-state index in [0.29, 0.717) is 18.5 Å². The minimum Gasteiger partial charge on any atom is -0.354 e. The van der Waals surface area contributed by atoms with E-state index in [1.807, 2.05) is 0 Å². The van der Waals surface area contributed by atoms with Crippen LogP contribution in [0.1, 0.15) is 43.2 Å². The molecule has 1 aromatic carbocycles. The summed E-state index contributed by atoms with van der Waals surface area (Å²) in [4.78, 5) is 4.17. The predicted molar refractivity (Wildman–Crippen MR) is 81.7 cm³/mol. The van der Waals surface area contributed by atoms with Crippen molar-refractivity contribution in [3.8, 4) is 0 Å². The van der Waals surface area contributed by atoms with Gasteiger partial charge in [-0.1, -0.05) is 31.4 Å². The first-order valence-corrected chi connectivity index (χ1v) is 7.62. The molecule has 1 aromatic rings. The highest BCUT2D eigenvalue weighted by Crippen LogP contribution is 2.29. The molecule has 0 atom stereocenters. The van der Waals surface area contributed by atoms with Gasteiger partial charge >= 0.3 is 6.18 Å². The van der Waals surface area contributed by atoms with E-state index in [1.54, 1.807) is 7.05 Å². The minimum atomic E-state index is -4.29. The van der Waals surface area contributed by atoms with Gasteiger partial charge in [0.2, 0.25) is 0 Å². The maximum absolute atomic E-state index is 12.5. The lowest BCUT2D eigenvalue weighted by Gasteiger charge is -2.24. The summed E-state index contributed by atoms with van der Waals surface area (Å²) in [7, 11) is 1.70. The summed E-state index contributed by atoms with van der Waals surface area (Å²) in [6.07, 6.45) is 1.74. The van der Waals surface area contributed by atoms with Gasteiger partial charge in [0.15, 0.2) is 5.96 Å². The lowest BCUT2D eigenvalue weighted by molar-refractivity contribution is -0.137. The second-order valence-corrected chi connectivity index (χ2v) is 5.60. The van der Waals surface area contributed by atoms with Crippen molar-refractivity contribution < 1.29 is 13.2 Å². The SMILES string of the molecule is CN=C(NCc1ccc(C(F)(F)F)cc1)NC1CCCCC1. The molecule has 1 saturated carbocycles. The molecule has 0 amide bonds. The zero-order valence-electron chi connectivity index (χ0n) is 12.7. The molecule has 0 spiro atoms. The van der Waals surface area contributed by atoms with E-state index in [9.17, 15) is 13.2 Å². The lowest BCUT2D eigenvalue weighted by Crippen LogP contribution is -2.43. The van der Waals surface area contributed by atoms with Crippen LogP contribution in [0.3, 0.4) is 0 Å². The van der Waals surface area contributed by atoms with E-state index in [1.165, 1.54) is 31.4 Å². The molecule has 22 heavy (non-hydrogen) atoms. The van der Waals surface area contributed by atoms with Crippen LogP contribution < -0.4 is 10.6 Å². The molecule has 2 N–H and O–H groups in total. The monoisotopic (exact) mass is 313 g/mol. The zero-order valence-corrected chi connectivity index (χ0v) is 12.7. The highest BCUT2D eigenvalue weighted by atomic mass is 19.4. The molecule has 0 aromatic heterocycles. The van der Waals surface area contributed by atoms with Crippen molar-refractivity contribution in [1.82, 2.24) is 10.6 Å². The average molecular weight is 313 g/mol. The van der Waals surface area contributed by atoms with E-state index >= 15 is 0 Å². The Balaban J connectivity index is 1.85. The molecule has 3 nitrogen and oxygen atoms in total. The van der Waals surface area contributed by atoms with Gasteiger partial charge in [-0.05, 0) is 30.5 Å². The number of nitrogens with one attached hydrogen (secondary N) is 2. The fourth-order valence-electron chi connectivity index (χ4n) is 2.63. The van der Waals surface area contributed by atoms with Crippen molar-refractivity contribution >= 4 is 5.96 Å². The van der Waals surface area contributed by atoms with Crippen LogP contribution in [-0.4, -0.2) is 19.0 Å². The number of alkyl halides is 3. The van der Waals surface area contributed by atoms with E-state index in [0.717, 1.165) is 30.5 Å². The Morgan fingerprint density at radius 2 is 1.77 bits per heavy atom. The Labute approximate surface area is 129 Å². The fourth-order valence-corrected chi connectivity index (χ4v) is 2.63. The Morgan fingerprint density at radius 1 is 1.14 bits per heavy atom. The zero-order chi connectivity index (χ0) is 16.0. The summed E-state index contributed by atoms with van der Waals surface area (Å²) in [6, 6.07) is 5.63. The second-order valence-electron chi connectivity index (χ2n) is 5.60. The number of rotatable bonds is 3. The molecule has 0 bridgehead atoms. The summed E-state index contributed by atoms with van der Waals surface area (Å²) >= 11 is 0. The molecule has 0 unspecified atom stereocenters. The van der Waals surface area contributed by atoms with Crippen LogP contribution in [0.15, 0.2) is 29.3 Å². The van der Waals surface area contributed by atoms with Crippen molar-refractivity contribution in [1.29, 1.82) is 0 Å². The molecule has 1 fully saturated rings. The molecule has 0 saturated heterocycles. The number of hydrogen-bond donors (Lipinski definition) is 2. The van der Waals surface area contributed by atoms with E-state index < -0.39 is 11.7 Å². The van der Waals surface area contributed by atoms with Gasteiger partial charge in [-0.15, -0.1) is 0 Å². The third kappa shape index (κ3) is 4.93. The molecule has 6 heteroatoms. The molecule has 0 heterocycles. The fraction of sp³-hybridized carbons (Fsp3) is 0.562. The minimum absolute atomic E-state index is 0.438. The highest BCUT2D eigenvalue weighted by Gasteiger charge is 2.29. The number of nitrogens with zero attached hydrogens (tertiary/aromatic N) is 1. The summed E-state index contributed by atoms with van der Waals surface area (Å²) in [5.74, 6) is 0.701. The largest absolute Gasteiger partial charge is 0.416 e. The number of guanidine groups is 1. The molecule has 122 valence electrons. The van der Waals surface area contributed by atoms with Gasteiger partial charge in [0.25, 0.3) is 0 Å². The molecule has 1 aliphatic carbocycles. The van der Waals surface area contributed by atoms with Crippen LogP contribution in [0.2, 0.25) is 0 Å². The average Bonchev–Trinajstić information content (AvgIpc) is 2.52. The van der Waals surface area contributed by atoms with E-state index in [2.05, 4.69) is 15.6 Å². The Kier molecular flexibility index (Phi) is 5.69. The van der Waals surface area contributed by atoms with Gasteiger partial charge in [0, 0.05) is 19.6 Å². The first-order chi connectivity index (χ1) is 10.5. The first-order valence-electron chi connectivity index (χ1n) is 7.62. The third-order valence-electron chi connectivity index (χ3n) is 3.91. The van der Waals surface area contributed by atoms with Gasteiger partial charge in [-0.3, -0.25) is 4.99 Å². The van der Waals surface area contributed by atoms with E-state index in [4.69, 9.17) is 0 Å². The normalized spacial score (nSPS) is 17.4. The summed E-state index contributed by atoms with van der Waals surface area (Å²) in [5.41, 5.74) is 0.167. The van der Waals surface area contributed by atoms with Crippen molar-refractivity contribution in [2.24, 2.45) is 4.99 Å². The topological polar surface area (TPSA) is 36.4 Å². The van der Waals surface area contributed by atoms with Gasteiger partial charge < -0.3 is 10.6 Å².